The minimum absolute atomic E-state index is 0.0207. The van der Waals surface area contributed by atoms with Crippen LogP contribution in [0.4, 0.5) is 11.5 Å². The number of aromatic nitrogens is 1. The minimum Gasteiger partial charge on any atom is -0.481 e. The van der Waals surface area contributed by atoms with Gasteiger partial charge in [-0.3, -0.25) is 14.9 Å². The Morgan fingerprint density at radius 2 is 2.10 bits per heavy atom. The third-order valence-electron chi connectivity index (χ3n) is 3.05. The van der Waals surface area contributed by atoms with Crippen molar-refractivity contribution >= 4 is 17.4 Å². The van der Waals surface area contributed by atoms with Crippen LogP contribution >= 0.6 is 0 Å². The first-order valence-electron chi connectivity index (χ1n) is 6.69. The van der Waals surface area contributed by atoms with Gasteiger partial charge in [-0.05, 0) is 20.8 Å². The normalized spacial score (nSPS) is 11.6. The monoisotopic (exact) mass is 296 g/mol. The molecule has 1 heterocycles. The summed E-state index contributed by atoms with van der Waals surface area (Å²) in [6, 6.07) is 2.08. The molecule has 1 unspecified atom stereocenters. The van der Waals surface area contributed by atoms with Gasteiger partial charge in [0.1, 0.15) is 6.04 Å². The molecule has 0 aliphatic heterocycles. The predicted octanol–water partition coefficient (Wildman–Crippen LogP) is 1.67. The summed E-state index contributed by atoms with van der Waals surface area (Å²) in [5.41, 5.74) is -0.199. The highest BCUT2D eigenvalue weighted by molar-refractivity contribution is 5.84. The van der Waals surface area contributed by atoms with Gasteiger partial charge in [0.05, 0.1) is 12.0 Å². The number of pyridine rings is 1. The number of hydrogen-bond acceptors (Lipinski definition) is 6. The van der Waals surface area contributed by atoms with Crippen molar-refractivity contribution in [1.82, 2.24) is 9.88 Å². The van der Waals surface area contributed by atoms with Gasteiger partial charge in [0.25, 0.3) is 0 Å². The molecule has 8 nitrogen and oxygen atoms in total. The maximum Gasteiger partial charge on any atom is 0.311 e. The molecule has 0 radical (unpaired) electrons. The minimum atomic E-state index is -0.622. The Bertz CT molecular complexity index is 517. The Morgan fingerprint density at radius 3 is 2.57 bits per heavy atom. The maximum absolute atomic E-state index is 12.2. The van der Waals surface area contributed by atoms with E-state index in [1.165, 1.54) is 19.2 Å². The van der Waals surface area contributed by atoms with Gasteiger partial charge in [0, 0.05) is 25.2 Å². The summed E-state index contributed by atoms with van der Waals surface area (Å²) in [6.45, 7) is 6.55. The number of nitrogens with zero attached hydrogens (tertiary/aromatic N) is 3. The molecule has 0 bridgehead atoms. The average molecular weight is 296 g/mol. The molecule has 1 rings (SSSR count). The van der Waals surface area contributed by atoms with Gasteiger partial charge < -0.3 is 15.0 Å². The lowest BCUT2D eigenvalue weighted by atomic mass is 10.2. The molecule has 0 spiro atoms. The van der Waals surface area contributed by atoms with Gasteiger partial charge in [-0.25, -0.2) is 0 Å². The molecule has 1 N–H and O–H groups in total. The van der Waals surface area contributed by atoms with Crippen molar-refractivity contribution in [2.75, 3.05) is 25.5 Å². The van der Waals surface area contributed by atoms with Crippen LogP contribution in [0.2, 0.25) is 0 Å². The number of nitrogens with one attached hydrogen (secondary N) is 1. The molecule has 0 aliphatic carbocycles. The molecule has 0 saturated carbocycles. The third-order valence-corrected chi connectivity index (χ3v) is 3.05. The summed E-state index contributed by atoms with van der Waals surface area (Å²) in [5.74, 6) is 0.122. The molecule has 1 aromatic heterocycles. The SMILES string of the molecule is CCN(CC)C(=O)C(C)Nc1nc(OC)ccc1[N+](=O)[O-]. The number of carbonyl (C=O) groups excluding carboxylic acids is 1. The topological polar surface area (TPSA) is 97.6 Å². The van der Waals surface area contributed by atoms with Crippen molar-refractivity contribution in [3.8, 4) is 5.88 Å². The van der Waals surface area contributed by atoms with E-state index >= 15 is 0 Å². The number of methoxy groups -OCH3 is 1. The van der Waals surface area contributed by atoms with Crippen molar-refractivity contribution < 1.29 is 14.5 Å². The van der Waals surface area contributed by atoms with E-state index in [9.17, 15) is 14.9 Å². The van der Waals surface area contributed by atoms with Crippen LogP contribution in [0.3, 0.4) is 0 Å². The van der Waals surface area contributed by atoms with Crippen LogP contribution in [0.5, 0.6) is 5.88 Å². The summed E-state index contributed by atoms with van der Waals surface area (Å²) in [6.07, 6.45) is 0. The fourth-order valence-electron chi connectivity index (χ4n) is 1.88. The smallest absolute Gasteiger partial charge is 0.311 e. The highest BCUT2D eigenvalue weighted by Crippen LogP contribution is 2.25. The lowest BCUT2D eigenvalue weighted by molar-refractivity contribution is -0.384. The zero-order valence-corrected chi connectivity index (χ0v) is 12.6. The summed E-state index contributed by atoms with van der Waals surface area (Å²) in [5, 5.41) is 13.8. The standard InChI is InChI=1S/C13H20N4O4/c1-5-16(6-2)13(18)9(3)14-12-10(17(19)20)7-8-11(15-12)21-4/h7-9H,5-6H2,1-4H3,(H,14,15). The number of carbonyl (C=O) groups is 1. The Balaban J connectivity index is 3.00. The molecule has 1 amide bonds. The third kappa shape index (κ3) is 4.04. The van der Waals surface area contributed by atoms with Crippen molar-refractivity contribution in [3.63, 3.8) is 0 Å². The first-order valence-corrected chi connectivity index (χ1v) is 6.69. The highest BCUT2D eigenvalue weighted by atomic mass is 16.6. The molecule has 0 saturated heterocycles. The number of hydrogen-bond donors (Lipinski definition) is 1. The zero-order valence-electron chi connectivity index (χ0n) is 12.6. The van der Waals surface area contributed by atoms with Gasteiger partial charge in [-0.15, -0.1) is 0 Å². The molecule has 1 aromatic rings. The van der Waals surface area contributed by atoms with Crippen LogP contribution in [0.15, 0.2) is 12.1 Å². The number of nitro groups is 1. The van der Waals surface area contributed by atoms with E-state index in [4.69, 9.17) is 4.74 Å². The number of likely N-dealkylation sites (N-methyl/N-ethyl adjacent to an activating group) is 1. The zero-order chi connectivity index (χ0) is 16.0. The Labute approximate surface area is 123 Å². The molecule has 8 heteroatoms. The van der Waals surface area contributed by atoms with E-state index in [0.29, 0.717) is 13.1 Å². The molecule has 21 heavy (non-hydrogen) atoms. The van der Waals surface area contributed by atoms with Crippen LogP contribution in [0.25, 0.3) is 0 Å². The van der Waals surface area contributed by atoms with Crippen LogP contribution in [-0.4, -0.2) is 47.0 Å². The van der Waals surface area contributed by atoms with Crippen molar-refractivity contribution in [1.29, 1.82) is 0 Å². The lowest BCUT2D eigenvalue weighted by Gasteiger charge is -2.23. The van der Waals surface area contributed by atoms with Crippen LogP contribution in [0, 0.1) is 10.1 Å². The number of anilines is 1. The van der Waals surface area contributed by atoms with Crippen molar-refractivity contribution in [2.24, 2.45) is 0 Å². The maximum atomic E-state index is 12.2. The van der Waals surface area contributed by atoms with Crippen LogP contribution in [0.1, 0.15) is 20.8 Å². The van der Waals surface area contributed by atoms with E-state index in [2.05, 4.69) is 10.3 Å². The predicted molar refractivity (Wildman–Crippen MR) is 78.5 cm³/mol. The first kappa shape index (κ1) is 16.7. The molecule has 1 atom stereocenters. The number of ether oxygens (including phenoxy) is 1. The number of amides is 1. The largest absolute Gasteiger partial charge is 0.481 e. The van der Waals surface area contributed by atoms with Gasteiger partial charge in [-0.1, -0.05) is 0 Å². The Kier molecular flexibility index (Phi) is 5.89. The van der Waals surface area contributed by atoms with Crippen molar-refractivity contribution in [2.45, 2.75) is 26.8 Å². The van der Waals surface area contributed by atoms with Gasteiger partial charge in [0.2, 0.25) is 17.6 Å². The summed E-state index contributed by atoms with van der Waals surface area (Å²) >= 11 is 0. The lowest BCUT2D eigenvalue weighted by Crippen LogP contribution is -2.41. The molecule has 116 valence electrons. The fraction of sp³-hybridized carbons (Fsp3) is 0.538. The second-order valence-corrected chi connectivity index (χ2v) is 4.36. The van der Waals surface area contributed by atoms with E-state index in [0.717, 1.165) is 0 Å². The molecule has 0 aliphatic rings. The van der Waals surface area contributed by atoms with E-state index in [1.807, 2.05) is 13.8 Å². The summed E-state index contributed by atoms with van der Waals surface area (Å²) < 4.78 is 4.95. The second kappa shape index (κ2) is 7.41. The molecular formula is C13H20N4O4. The summed E-state index contributed by atoms with van der Waals surface area (Å²) in [4.78, 5) is 28.3. The van der Waals surface area contributed by atoms with Crippen LogP contribution in [-0.2, 0) is 4.79 Å². The Morgan fingerprint density at radius 1 is 1.48 bits per heavy atom. The fourth-order valence-corrected chi connectivity index (χ4v) is 1.88. The molecular weight excluding hydrogens is 276 g/mol. The first-order chi connectivity index (χ1) is 9.94. The van der Waals surface area contributed by atoms with Crippen molar-refractivity contribution in [3.05, 3.63) is 22.2 Å². The van der Waals surface area contributed by atoms with Gasteiger partial charge >= 0.3 is 5.69 Å². The Hall–Kier alpha value is -2.38. The quantitative estimate of drug-likeness (QED) is 0.607. The summed E-state index contributed by atoms with van der Waals surface area (Å²) in [7, 11) is 1.42. The molecule has 0 fully saturated rings. The van der Waals surface area contributed by atoms with E-state index in [-0.39, 0.29) is 23.3 Å². The van der Waals surface area contributed by atoms with Gasteiger partial charge in [0.15, 0.2) is 0 Å². The van der Waals surface area contributed by atoms with Crippen LogP contribution < -0.4 is 10.1 Å². The van der Waals surface area contributed by atoms with E-state index < -0.39 is 11.0 Å². The average Bonchev–Trinajstić information content (AvgIpc) is 2.47. The van der Waals surface area contributed by atoms with E-state index in [1.54, 1.807) is 11.8 Å². The molecule has 0 aromatic carbocycles. The number of rotatable bonds is 7. The highest BCUT2D eigenvalue weighted by Gasteiger charge is 2.23. The van der Waals surface area contributed by atoms with Gasteiger partial charge in [-0.2, -0.15) is 4.98 Å². The second-order valence-electron chi connectivity index (χ2n) is 4.36.